The van der Waals surface area contributed by atoms with Crippen LogP contribution in [0.3, 0.4) is 0 Å². The van der Waals surface area contributed by atoms with E-state index in [4.69, 9.17) is 0 Å². The van der Waals surface area contributed by atoms with Crippen LogP contribution in [0.1, 0.15) is 37.7 Å². The Labute approximate surface area is 155 Å². The molecule has 1 saturated heterocycles. The fraction of sp³-hybridized carbons (Fsp3) is 0.350. The molecular weight excluding hydrogens is 348 g/mol. The Morgan fingerprint density at radius 3 is 2.46 bits per heavy atom. The van der Waals surface area contributed by atoms with Crippen LogP contribution in [0.5, 0.6) is 0 Å². The third kappa shape index (κ3) is 4.31. The smallest absolute Gasteiger partial charge is 0.243 e. The van der Waals surface area contributed by atoms with Crippen LogP contribution < -0.4 is 5.32 Å². The summed E-state index contributed by atoms with van der Waals surface area (Å²) in [6.45, 7) is 3.13. The molecule has 26 heavy (non-hydrogen) atoms. The minimum Gasteiger partial charge on any atom is -0.326 e. The molecule has 138 valence electrons. The number of nitrogens with one attached hydrogen (secondary N) is 1. The number of sulfonamides is 1. The van der Waals surface area contributed by atoms with Crippen LogP contribution in [-0.4, -0.2) is 31.7 Å². The second-order valence-corrected chi connectivity index (χ2v) is 8.64. The molecule has 1 heterocycles. The van der Waals surface area contributed by atoms with Crippen LogP contribution in [0.2, 0.25) is 0 Å². The molecule has 0 spiro atoms. The van der Waals surface area contributed by atoms with Crippen molar-refractivity contribution in [3.8, 4) is 0 Å². The van der Waals surface area contributed by atoms with Gasteiger partial charge >= 0.3 is 0 Å². The second-order valence-electron chi connectivity index (χ2n) is 6.70. The van der Waals surface area contributed by atoms with E-state index in [1.807, 2.05) is 37.3 Å². The quantitative estimate of drug-likeness (QED) is 0.842. The maximum Gasteiger partial charge on any atom is 0.243 e. The first-order valence-electron chi connectivity index (χ1n) is 8.92. The highest BCUT2D eigenvalue weighted by atomic mass is 32.2. The highest BCUT2D eigenvalue weighted by Gasteiger charge is 2.27. The largest absolute Gasteiger partial charge is 0.326 e. The summed E-state index contributed by atoms with van der Waals surface area (Å²) < 4.78 is 26.8. The fourth-order valence-corrected chi connectivity index (χ4v) is 4.76. The lowest BCUT2D eigenvalue weighted by molar-refractivity contribution is -0.116. The summed E-state index contributed by atoms with van der Waals surface area (Å²) in [5.41, 5.74) is 1.61. The van der Waals surface area contributed by atoms with Crippen molar-refractivity contribution in [3.63, 3.8) is 0 Å². The molecule has 0 aromatic heterocycles. The van der Waals surface area contributed by atoms with E-state index in [-0.39, 0.29) is 16.7 Å². The van der Waals surface area contributed by atoms with Crippen molar-refractivity contribution in [2.45, 2.75) is 37.0 Å². The maximum atomic E-state index is 12.6. The monoisotopic (exact) mass is 372 g/mol. The summed E-state index contributed by atoms with van der Waals surface area (Å²) in [4.78, 5) is 12.6. The lowest BCUT2D eigenvalue weighted by atomic mass is 9.97. The Morgan fingerprint density at radius 2 is 1.77 bits per heavy atom. The molecule has 1 fully saturated rings. The van der Waals surface area contributed by atoms with Gasteiger partial charge in [-0.3, -0.25) is 4.79 Å². The van der Waals surface area contributed by atoms with Gasteiger partial charge in [0.2, 0.25) is 15.9 Å². The molecule has 6 heteroatoms. The second kappa shape index (κ2) is 8.01. The van der Waals surface area contributed by atoms with Gasteiger partial charge in [-0.25, -0.2) is 8.42 Å². The number of nitrogens with zero attached hydrogens (tertiary/aromatic N) is 1. The summed E-state index contributed by atoms with van der Waals surface area (Å²) in [5.74, 6) is -0.0372. The molecule has 1 atom stereocenters. The van der Waals surface area contributed by atoms with Crippen LogP contribution >= 0.6 is 0 Å². The average Bonchev–Trinajstić information content (AvgIpc) is 3.18. The van der Waals surface area contributed by atoms with Gasteiger partial charge in [-0.1, -0.05) is 43.3 Å². The van der Waals surface area contributed by atoms with Crippen LogP contribution in [0, 0.1) is 0 Å². The third-order valence-electron chi connectivity index (χ3n) is 4.68. The molecule has 5 nitrogen and oxygen atoms in total. The number of anilines is 1. The molecule has 0 aliphatic carbocycles. The number of rotatable bonds is 6. The summed E-state index contributed by atoms with van der Waals surface area (Å²) in [6, 6.07) is 16.4. The van der Waals surface area contributed by atoms with E-state index in [0.717, 1.165) is 18.4 Å². The van der Waals surface area contributed by atoms with E-state index in [2.05, 4.69) is 5.32 Å². The van der Waals surface area contributed by atoms with Crippen molar-refractivity contribution >= 4 is 21.6 Å². The Balaban J connectivity index is 1.67. The zero-order valence-electron chi connectivity index (χ0n) is 14.9. The lowest BCUT2D eigenvalue weighted by Crippen LogP contribution is -2.28. The van der Waals surface area contributed by atoms with Gasteiger partial charge in [-0.2, -0.15) is 4.31 Å². The van der Waals surface area contributed by atoms with E-state index in [1.165, 1.54) is 4.31 Å². The maximum absolute atomic E-state index is 12.6. The summed E-state index contributed by atoms with van der Waals surface area (Å²) in [7, 11) is -3.48. The predicted octanol–water partition coefficient (Wildman–Crippen LogP) is 3.60. The Kier molecular flexibility index (Phi) is 5.74. The number of amides is 1. The molecule has 1 aliphatic heterocycles. The van der Waals surface area contributed by atoms with Crippen molar-refractivity contribution in [3.05, 3.63) is 60.2 Å². The number of hydrogen-bond acceptors (Lipinski definition) is 3. The van der Waals surface area contributed by atoms with Crippen molar-refractivity contribution in [1.29, 1.82) is 0 Å². The third-order valence-corrected chi connectivity index (χ3v) is 6.58. The number of carbonyl (C=O) groups excluding carboxylic acids is 1. The molecule has 0 saturated carbocycles. The van der Waals surface area contributed by atoms with Crippen molar-refractivity contribution in [2.24, 2.45) is 0 Å². The standard InChI is InChI=1S/C20H24N2O3S/c1-16(17-8-3-2-4-9-17)14-20(23)21-18-10-7-11-19(15-18)26(24,25)22-12-5-6-13-22/h2-4,7-11,15-16H,5-6,12-14H2,1H3,(H,21,23)/t16-/m0/s1. The molecular formula is C20H24N2O3S. The van der Waals surface area contributed by atoms with Gasteiger partial charge in [-0.05, 0) is 42.5 Å². The Bertz CT molecular complexity index is 860. The van der Waals surface area contributed by atoms with E-state index in [1.54, 1.807) is 24.3 Å². The van der Waals surface area contributed by atoms with Crippen LogP contribution in [0.15, 0.2) is 59.5 Å². The van der Waals surface area contributed by atoms with Crippen molar-refractivity contribution in [2.75, 3.05) is 18.4 Å². The molecule has 0 unspecified atom stereocenters. The molecule has 0 bridgehead atoms. The molecule has 0 radical (unpaired) electrons. The molecule has 1 amide bonds. The zero-order chi connectivity index (χ0) is 18.6. The van der Waals surface area contributed by atoms with Gasteiger partial charge in [0.1, 0.15) is 0 Å². The van der Waals surface area contributed by atoms with Crippen molar-refractivity contribution in [1.82, 2.24) is 4.31 Å². The van der Waals surface area contributed by atoms with Crippen LogP contribution in [-0.2, 0) is 14.8 Å². The van der Waals surface area contributed by atoms with Gasteiger partial charge in [0.05, 0.1) is 4.90 Å². The average molecular weight is 372 g/mol. The topological polar surface area (TPSA) is 66.5 Å². The Morgan fingerprint density at radius 1 is 1.08 bits per heavy atom. The van der Waals surface area contributed by atoms with Gasteiger partial charge in [0.25, 0.3) is 0 Å². The number of hydrogen-bond donors (Lipinski definition) is 1. The van der Waals surface area contributed by atoms with Gasteiger partial charge in [-0.15, -0.1) is 0 Å². The first kappa shape index (κ1) is 18.6. The fourth-order valence-electron chi connectivity index (χ4n) is 3.20. The first-order chi connectivity index (χ1) is 12.5. The van der Waals surface area contributed by atoms with Gasteiger partial charge < -0.3 is 5.32 Å². The predicted molar refractivity (Wildman–Crippen MR) is 103 cm³/mol. The van der Waals surface area contributed by atoms with E-state index in [9.17, 15) is 13.2 Å². The molecule has 1 aliphatic rings. The molecule has 1 N–H and O–H groups in total. The SMILES string of the molecule is C[C@@H](CC(=O)Nc1cccc(S(=O)(=O)N2CCCC2)c1)c1ccccc1. The van der Waals surface area contributed by atoms with E-state index < -0.39 is 10.0 Å². The number of benzene rings is 2. The first-order valence-corrected chi connectivity index (χ1v) is 10.4. The van der Waals surface area contributed by atoms with Gasteiger partial charge in [0, 0.05) is 25.2 Å². The molecule has 3 rings (SSSR count). The highest BCUT2D eigenvalue weighted by Crippen LogP contribution is 2.24. The summed E-state index contributed by atoms with van der Waals surface area (Å²) >= 11 is 0. The van der Waals surface area contributed by atoms with Gasteiger partial charge in [0.15, 0.2) is 0 Å². The van der Waals surface area contributed by atoms with E-state index >= 15 is 0 Å². The summed E-state index contributed by atoms with van der Waals surface area (Å²) in [5, 5.41) is 2.82. The Hall–Kier alpha value is -2.18. The molecule has 2 aromatic rings. The lowest BCUT2D eigenvalue weighted by Gasteiger charge is -2.16. The molecule has 2 aromatic carbocycles. The normalized spacial score (nSPS) is 16.3. The summed E-state index contributed by atoms with van der Waals surface area (Å²) in [6.07, 6.45) is 2.13. The zero-order valence-corrected chi connectivity index (χ0v) is 15.7. The van der Waals surface area contributed by atoms with Crippen LogP contribution in [0.4, 0.5) is 5.69 Å². The highest BCUT2D eigenvalue weighted by molar-refractivity contribution is 7.89. The minimum absolute atomic E-state index is 0.0905. The number of carbonyl (C=O) groups is 1. The van der Waals surface area contributed by atoms with E-state index in [0.29, 0.717) is 25.2 Å². The van der Waals surface area contributed by atoms with Crippen LogP contribution in [0.25, 0.3) is 0 Å². The van der Waals surface area contributed by atoms with Crippen molar-refractivity contribution < 1.29 is 13.2 Å². The minimum atomic E-state index is -3.48.